The number of halogens is 1. The van der Waals surface area contributed by atoms with E-state index in [0.29, 0.717) is 5.69 Å². The molecule has 0 spiro atoms. The monoisotopic (exact) mass is 307 g/mol. The van der Waals surface area contributed by atoms with Crippen LogP contribution < -0.4 is 4.72 Å². The number of anilines is 1. The van der Waals surface area contributed by atoms with Gasteiger partial charge >= 0.3 is 0 Å². The van der Waals surface area contributed by atoms with E-state index in [0.717, 1.165) is 5.56 Å². The molecule has 21 heavy (non-hydrogen) atoms. The number of rotatable bonds is 3. The minimum absolute atomic E-state index is 0.0350. The largest absolute Gasteiger partial charge is 0.280 e. The van der Waals surface area contributed by atoms with Gasteiger partial charge in [-0.2, -0.15) is 0 Å². The fraction of sp³-hybridized carbons (Fsp3) is 0.250. The molecular weight excluding hydrogens is 289 g/mol. The molecule has 2 aromatic carbocycles. The molecule has 0 aliphatic carbocycles. The van der Waals surface area contributed by atoms with E-state index in [1.807, 2.05) is 0 Å². The van der Waals surface area contributed by atoms with Crippen LogP contribution in [0.1, 0.15) is 26.3 Å². The summed E-state index contributed by atoms with van der Waals surface area (Å²) in [4.78, 5) is 0.180. The highest BCUT2D eigenvalue weighted by atomic mass is 32.2. The van der Waals surface area contributed by atoms with Gasteiger partial charge in [0.15, 0.2) is 0 Å². The van der Waals surface area contributed by atoms with Crippen LogP contribution in [0.2, 0.25) is 0 Å². The van der Waals surface area contributed by atoms with Gasteiger partial charge in [0.1, 0.15) is 5.82 Å². The first-order valence-electron chi connectivity index (χ1n) is 6.57. The van der Waals surface area contributed by atoms with Crippen LogP contribution in [0.4, 0.5) is 10.1 Å². The Labute approximate surface area is 124 Å². The average Bonchev–Trinajstić information content (AvgIpc) is 2.40. The molecule has 1 N–H and O–H groups in total. The van der Waals surface area contributed by atoms with Crippen molar-refractivity contribution in [2.75, 3.05) is 4.72 Å². The molecule has 0 aliphatic rings. The molecule has 0 aliphatic heterocycles. The maximum absolute atomic E-state index is 12.8. The second-order valence-electron chi connectivity index (χ2n) is 5.89. The fourth-order valence-electron chi connectivity index (χ4n) is 1.87. The van der Waals surface area contributed by atoms with Crippen molar-refractivity contribution in [2.24, 2.45) is 0 Å². The Kier molecular flexibility index (Phi) is 4.05. The highest BCUT2D eigenvalue weighted by Gasteiger charge is 2.17. The van der Waals surface area contributed by atoms with E-state index in [1.165, 1.54) is 24.3 Å². The summed E-state index contributed by atoms with van der Waals surface area (Å²) in [5.41, 5.74) is 1.35. The fourth-order valence-corrected chi connectivity index (χ4v) is 2.92. The topological polar surface area (TPSA) is 46.2 Å². The van der Waals surface area contributed by atoms with Crippen molar-refractivity contribution in [1.82, 2.24) is 0 Å². The van der Waals surface area contributed by atoms with Gasteiger partial charge in [0, 0.05) is 5.69 Å². The highest BCUT2D eigenvalue weighted by Crippen LogP contribution is 2.24. The number of benzene rings is 2. The molecule has 0 radical (unpaired) electrons. The number of sulfonamides is 1. The van der Waals surface area contributed by atoms with E-state index in [9.17, 15) is 12.8 Å². The molecular formula is C16H18FNO2S. The highest BCUT2D eigenvalue weighted by molar-refractivity contribution is 7.92. The van der Waals surface area contributed by atoms with Gasteiger partial charge in [-0.3, -0.25) is 4.72 Å². The summed E-state index contributed by atoms with van der Waals surface area (Å²) in [6.45, 7) is 6.19. The molecule has 0 bridgehead atoms. The van der Waals surface area contributed by atoms with Gasteiger partial charge in [0.25, 0.3) is 10.0 Å². The van der Waals surface area contributed by atoms with E-state index in [4.69, 9.17) is 0 Å². The first-order valence-corrected chi connectivity index (χ1v) is 8.06. The minimum Gasteiger partial charge on any atom is -0.280 e. The van der Waals surface area contributed by atoms with E-state index >= 15 is 0 Å². The summed E-state index contributed by atoms with van der Waals surface area (Å²) in [7, 11) is -3.66. The van der Waals surface area contributed by atoms with Crippen LogP contribution in [0.25, 0.3) is 0 Å². The lowest BCUT2D eigenvalue weighted by Gasteiger charge is -2.19. The first kappa shape index (κ1) is 15.5. The summed E-state index contributed by atoms with van der Waals surface area (Å²) in [6.07, 6.45) is 0. The Balaban J connectivity index is 2.25. The molecule has 0 saturated heterocycles. The summed E-state index contributed by atoms with van der Waals surface area (Å²) in [6, 6.07) is 11.9. The number of nitrogens with one attached hydrogen (secondary N) is 1. The zero-order chi connectivity index (χ0) is 15.7. The van der Waals surface area contributed by atoms with Crippen molar-refractivity contribution in [3.05, 3.63) is 59.9 Å². The predicted molar refractivity (Wildman–Crippen MR) is 82.4 cm³/mol. The van der Waals surface area contributed by atoms with E-state index in [1.54, 1.807) is 24.3 Å². The van der Waals surface area contributed by atoms with E-state index < -0.39 is 15.8 Å². The van der Waals surface area contributed by atoms with Crippen molar-refractivity contribution in [1.29, 1.82) is 0 Å². The SMILES string of the molecule is CC(C)(C)c1ccc(S(=O)(=O)Nc2ccc(F)cc2)cc1. The lowest BCUT2D eigenvalue weighted by Crippen LogP contribution is -2.14. The van der Waals surface area contributed by atoms with Crippen LogP contribution in [0.3, 0.4) is 0 Å². The third-order valence-electron chi connectivity index (χ3n) is 3.13. The molecule has 0 aromatic heterocycles. The second kappa shape index (κ2) is 5.48. The van der Waals surface area contributed by atoms with Gasteiger partial charge < -0.3 is 0 Å². The van der Waals surface area contributed by atoms with Crippen LogP contribution >= 0.6 is 0 Å². The molecule has 2 rings (SSSR count). The minimum atomic E-state index is -3.66. The Morgan fingerprint density at radius 1 is 0.905 bits per heavy atom. The predicted octanol–water partition coefficient (Wildman–Crippen LogP) is 3.92. The van der Waals surface area contributed by atoms with Crippen molar-refractivity contribution < 1.29 is 12.8 Å². The van der Waals surface area contributed by atoms with Crippen molar-refractivity contribution in [3.63, 3.8) is 0 Å². The molecule has 0 amide bonds. The second-order valence-corrected chi connectivity index (χ2v) is 7.57. The van der Waals surface area contributed by atoms with E-state index in [2.05, 4.69) is 25.5 Å². The molecule has 0 atom stereocenters. The van der Waals surface area contributed by atoms with Crippen LogP contribution in [0, 0.1) is 5.82 Å². The van der Waals surface area contributed by atoms with Gasteiger partial charge in [-0.15, -0.1) is 0 Å². The summed E-state index contributed by atoms with van der Waals surface area (Å²) in [5, 5.41) is 0. The Morgan fingerprint density at radius 2 is 1.43 bits per heavy atom. The zero-order valence-electron chi connectivity index (χ0n) is 12.2. The van der Waals surface area contributed by atoms with Crippen LogP contribution in [0.5, 0.6) is 0 Å². The molecule has 0 fully saturated rings. The molecule has 112 valence electrons. The summed E-state index contributed by atoms with van der Waals surface area (Å²) >= 11 is 0. The van der Waals surface area contributed by atoms with Crippen LogP contribution in [0.15, 0.2) is 53.4 Å². The number of hydrogen-bond acceptors (Lipinski definition) is 2. The van der Waals surface area contributed by atoms with Crippen molar-refractivity contribution in [3.8, 4) is 0 Å². The molecule has 0 saturated carbocycles. The maximum Gasteiger partial charge on any atom is 0.261 e. The molecule has 2 aromatic rings. The molecule has 3 nitrogen and oxygen atoms in total. The molecule has 5 heteroatoms. The average molecular weight is 307 g/mol. The third kappa shape index (κ3) is 3.82. The van der Waals surface area contributed by atoms with Gasteiger partial charge in [0.2, 0.25) is 0 Å². The lowest BCUT2D eigenvalue weighted by molar-refractivity contribution is 0.587. The van der Waals surface area contributed by atoms with Crippen LogP contribution in [-0.2, 0) is 15.4 Å². The Morgan fingerprint density at radius 3 is 1.90 bits per heavy atom. The Bertz CT molecular complexity index is 714. The quantitative estimate of drug-likeness (QED) is 0.934. The molecule has 0 unspecified atom stereocenters. The normalized spacial score (nSPS) is 12.2. The van der Waals surface area contributed by atoms with Gasteiger partial charge in [-0.25, -0.2) is 12.8 Å². The summed E-state index contributed by atoms with van der Waals surface area (Å²) in [5.74, 6) is -0.410. The van der Waals surface area contributed by atoms with Gasteiger partial charge in [-0.05, 0) is 47.4 Å². The van der Waals surface area contributed by atoms with Gasteiger partial charge in [-0.1, -0.05) is 32.9 Å². The standard InChI is InChI=1S/C16H18FNO2S/c1-16(2,3)12-4-10-15(11-5-12)21(19,20)18-14-8-6-13(17)7-9-14/h4-11,18H,1-3H3. The lowest BCUT2D eigenvalue weighted by atomic mass is 9.87. The van der Waals surface area contributed by atoms with Crippen molar-refractivity contribution in [2.45, 2.75) is 31.1 Å². The smallest absolute Gasteiger partial charge is 0.261 e. The van der Waals surface area contributed by atoms with Crippen LogP contribution in [-0.4, -0.2) is 8.42 Å². The maximum atomic E-state index is 12.8. The summed E-state index contributed by atoms with van der Waals surface area (Å²) < 4.78 is 39.7. The third-order valence-corrected chi connectivity index (χ3v) is 4.52. The first-order chi connectivity index (χ1) is 9.68. The van der Waals surface area contributed by atoms with Gasteiger partial charge in [0.05, 0.1) is 4.90 Å². The molecule has 0 heterocycles. The number of hydrogen-bond donors (Lipinski definition) is 1. The zero-order valence-corrected chi connectivity index (χ0v) is 13.0. The van der Waals surface area contributed by atoms with Crippen molar-refractivity contribution >= 4 is 15.7 Å². The Hall–Kier alpha value is -1.88. The van der Waals surface area contributed by atoms with E-state index in [-0.39, 0.29) is 10.3 Å².